The molecule has 3 heterocycles. The number of benzene rings is 2. The summed E-state index contributed by atoms with van der Waals surface area (Å²) in [5.74, 6) is 1.53. The first-order valence-electron chi connectivity index (χ1n) is 15.2. The van der Waals surface area contributed by atoms with Crippen LogP contribution in [-0.4, -0.2) is 74.8 Å². The Morgan fingerprint density at radius 1 is 1.18 bits per heavy atom. The number of ether oxygens (including phenoxy) is 1. The van der Waals surface area contributed by atoms with Crippen molar-refractivity contribution in [3.8, 4) is 5.75 Å². The molecule has 2 N–H and O–H groups in total. The zero-order chi connectivity index (χ0) is 31.6. The van der Waals surface area contributed by atoms with Crippen LogP contribution in [0.25, 0.3) is 0 Å². The van der Waals surface area contributed by atoms with Crippen LogP contribution in [0, 0.1) is 6.92 Å². The predicted molar refractivity (Wildman–Crippen MR) is 191 cm³/mol. The molecule has 0 spiro atoms. The number of aryl methyl sites for hydroxylation is 1. The molecule has 8 nitrogen and oxygen atoms in total. The highest BCUT2D eigenvalue weighted by Gasteiger charge is 2.45. The number of aliphatic imine (C=N–C) groups is 1. The molecule has 1 saturated heterocycles. The highest BCUT2D eigenvalue weighted by molar-refractivity contribution is 7.80. The summed E-state index contributed by atoms with van der Waals surface area (Å²) >= 11 is 11.9. The van der Waals surface area contributed by atoms with Gasteiger partial charge in [-0.25, -0.2) is 4.99 Å². The standard InChI is InChI=1S/C33H45ClN6O2PS/c1-7-29(37-30-10-8-9-11-32(30)43(5,6)41)28(34)20-35-24(3)36-25-18-23(2)33-31(19-25)42-22-27-21-39(16-17-40(27,33)44)26-12-14-38(4)15-13-26/h7-11,18-21,26,37,44H,12-17,22H2,1-6H3,(H,35,36)/q+1/b28-20+,29-7-. The molecule has 0 saturated carbocycles. The minimum atomic E-state index is -2.47. The van der Waals surface area contributed by atoms with Crippen LogP contribution in [0.4, 0.5) is 17.1 Å². The van der Waals surface area contributed by atoms with Crippen LogP contribution in [0.3, 0.4) is 0 Å². The summed E-state index contributed by atoms with van der Waals surface area (Å²) in [6.07, 6.45) is 8.19. The van der Waals surface area contributed by atoms with Crippen molar-refractivity contribution < 1.29 is 9.30 Å². The minimum absolute atomic E-state index is 0.440. The first-order valence-corrected chi connectivity index (χ1v) is 18.6. The highest BCUT2D eigenvalue weighted by Crippen LogP contribution is 2.48. The Bertz CT molecular complexity index is 1580. The lowest BCUT2D eigenvalue weighted by Crippen LogP contribution is -2.54. The van der Waals surface area contributed by atoms with Crippen molar-refractivity contribution in [1.29, 1.82) is 0 Å². The molecule has 0 aromatic heterocycles. The molecule has 1 fully saturated rings. The Morgan fingerprint density at radius 3 is 2.61 bits per heavy atom. The lowest BCUT2D eigenvalue weighted by molar-refractivity contribution is 0.141. The average molecular weight is 656 g/mol. The third-order valence-electron chi connectivity index (χ3n) is 8.64. The van der Waals surface area contributed by atoms with E-state index in [-0.39, 0.29) is 0 Å². The van der Waals surface area contributed by atoms with Crippen LogP contribution in [0.15, 0.2) is 76.3 Å². The van der Waals surface area contributed by atoms with Gasteiger partial charge in [0.05, 0.1) is 36.3 Å². The number of allylic oxidation sites excluding steroid dienone is 2. The van der Waals surface area contributed by atoms with Gasteiger partial charge in [-0.2, -0.15) is 3.89 Å². The van der Waals surface area contributed by atoms with Crippen LogP contribution < -0.4 is 24.6 Å². The summed E-state index contributed by atoms with van der Waals surface area (Å²) in [7, 11) is -0.267. The molecule has 0 bridgehead atoms. The fraction of sp³-hybridized carbons (Fsp3) is 0.424. The van der Waals surface area contributed by atoms with Crippen molar-refractivity contribution in [2.24, 2.45) is 4.99 Å². The van der Waals surface area contributed by atoms with Gasteiger partial charge >= 0.3 is 0 Å². The summed E-state index contributed by atoms with van der Waals surface area (Å²) in [6, 6.07) is 12.3. The van der Waals surface area contributed by atoms with Crippen LogP contribution in [0.2, 0.25) is 0 Å². The van der Waals surface area contributed by atoms with Crippen molar-refractivity contribution in [1.82, 2.24) is 13.7 Å². The predicted octanol–water partition coefficient (Wildman–Crippen LogP) is 6.97. The monoisotopic (exact) mass is 655 g/mol. The number of rotatable bonds is 7. The molecule has 0 aliphatic carbocycles. The molecule has 0 radical (unpaired) electrons. The number of quaternary nitrogens is 1. The second-order valence-electron chi connectivity index (χ2n) is 12.3. The number of anilines is 2. The number of likely N-dealkylation sites (tertiary alicyclic amines) is 1. The number of hydrogen-bond acceptors (Lipinski definition) is 7. The number of amidine groups is 1. The van der Waals surface area contributed by atoms with E-state index in [4.69, 9.17) is 29.2 Å². The zero-order valence-electron chi connectivity index (χ0n) is 26.6. The van der Waals surface area contributed by atoms with E-state index < -0.39 is 7.14 Å². The molecule has 236 valence electrons. The van der Waals surface area contributed by atoms with Gasteiger partial charge in [-0.1, -0.05) is 29.8 Å². The van der Waals surface area contributed by atoms with Crippen LogP contribution in [0.5, 0.6) is 5.75 Å². The summed E-state index contributed by atoms with van der Waals surface area (Å²) in [6.45, 7) is 14.1. The van der Waals surface area contributed by atoms with Crippen molar-refractivity contribution >= 4 is 59.8 Å². The van der Waals surface area contributed by atoms with E-state index in [1.807, 2.05) is 50.3 Å². The summed E-state index contributed by atoms with van der Waals surface area (Å²) < 4.78 is 19.6. The number of halogens is 1. The highest BCUT2D eigenvalue weighted by atomic mass is 35.5. The van der Waals surface area contributed by atoms with Gasteiger partial charge in [-0.3, -0.25) is 0 Å². The second-order valence-corrected chi connectivity index (χ2v) is 16.6. The van der Waals surface area contributed by atoms with Gasteiger partial charge in [-0.05, 0) is 85.3 Å². The molecule has 2 aromatic carbocycles. The molecule has 3 aliphatic rings. The van der Waals surface area contributed by atoms with Gasteiger partial charge < -0.3 is 29.7 Å². The molecular formula is C33H45ClN6O2PS+. The molecule has 5 rings (SSSR count). The lowest BCUT2D eigenvalue weighted by Gasteiger charge is -2.46. The maximum atomic E-state index is 12.8. The quantitative estimate of drug-likeness (QED) is 0.0748. The van der Waals surface area contributed by atoms with Crippen molar-refractivity contribution in [3.63, 3.8) is 0 Å². The number of hydrogen-bond donors (Lipinski definition) is 3. The van der Waals surface area contributed by atoms with E-state index in [1.165, 1.54) is 18.5 Å². The Morgan fingerprint density at radius 2 is 1.91 bits per heavy atom. The summed E-state index contributed by atoms with van der Waals surface area (Å²) in [5.41, 5.74) is 5.75. The molecule has 11 heteroatoms. The Balaban J connectivity index is 1.30. The van der Waals surface area contributed by atoms with E-state index in [9.17, 15) is 4.57 Å². The third kappa shape index (κ3) is 7.08. The Hall–Kier alpha value is -2.68. The zero-order valence-corrected chi connectivity index (χ0v) is 29.1. The third-order valence-corrected chi connectivity index (χ3v) is 11.1. The van der Waals surface area contributed by atoms with E-state index in [0.717, 1.165) is 59.9 Å². The fourth-order valence-corrected chi connectivity index (χ4v) is 8.07. The number of nitrogens with one attached hydrogen (secondary N) is 2. The van der Waals surface area contributed by atoms with E-state index in [1.54, 1.807) is 19.5 Å². The average Bonchev–Trinajstić information content (AvgIpc) is 2.98. The number of nitrogens with zero attached hydrogens (tertiary/aromatic N) is 4. The molecule has 3 aliphatic heterocycles. The van der Waals surface area contributed by atoms with Crippen LogP contribution in [0.1, 0.15) is 32.3 Å². The van der Waals surface area contributed by atoms with Crippen molar-refractivity contribution in [2.75, 3.05) is 63.8 Å². The van der Waals surface area contributed by atoms with Gasteiger partial charge in [0.1, 0.15) is 19.5 Å². The van der Waals surface area contributed by atoms with E-state index in [2.05, 4.69) is 51.7 Å². The molecule has 0 amide bonds. The van der Waals surface area contributed by atoms with Crippen LogP contribution >= 0.6 is 31.6 Å². The first-order chi connectivity index (χ1) is 20.9. The van der Waals surface area contributed by atoms with Crippen LogP contribution in [-0.2, 0) is 4.57 Å². The maximum absolute atomic E-state index is 12.8. The van der Waals surface area contributed by atoms with Gasteiger partial charge in [0.2, 0.25) is 0 Å². The number of fused-ring (bicyclic) bond motifs is 3. The first kappa shape index (κ1) is 32.7. The van der Waals surface area contributed by atoms with E-state index in [0.29, 0.717) is 33.1 Å². The minimum Gasteiger partial charge on any atom is -0.477 e. The molecule has 1 unspecified atom stereocenters. The summed E-state index contributed by atoms with van der Waals surface area (Å²) in [5, 5.41) is 7.95. The molecule has 2 aromatic rings. The smallest absolute Gasteiger partial charge is 0.194 e. The Labute approximate surface area is 273 Å². The largest absolute Gasteiger partial charge is 0.477 e. The van der Waals surface area contributed by atoms with Crippen molar-refractivity contribution in [2.45, 2.75) is 39.7 Å². The van der Waals surface area contributed by atoms with Gasteiger partial charge in [0, 0.05) is 40.6 Å². The van der Waals surface area contributed by atoms with Gasteiger partial charge in [-0.15, -0.1) is 0 Å². The molecular weight excluding hydrogens is 611 g/mol. The SMILES string of the molecule is C/C=C(Nc1ccccc1P(C)(C)=O)/C(Cl)=C\N=C(C)Nc1cc(C)c2c(c1)OCC1=CN(C3CCN(C)CC3)CC[N+]12S. The topological polar surface area (TPSA) is 69.2 Å². The normalized spacial score (nSPS) is 22.1. The van der Waals surface area contributed by atoms with Gasteiger partial charge in [0.25, 0.3) is 0 Å². The van der Waals surface area contributed by atoms with Crippen molar-refractivity contribution in [3.05, 3.63) is 76.9 Å². The Kier molecular flexibility index (Phi) is 9.93. The number of para-hydroxylation sites is 1. The molecule has 44 heavy (non-hydrogen) atoms. The lowest BCUT2D eigenvalue weighted by atomic mass is 10.0. The maximum Gasteiger partial charge on any atom is 0.194 e. The van der Waals surface area contributed by atoms with E-state index >= 15 is 0 Å². The molecule has 1 atom stereocenters. The number of piperidine rings is 1. The van der Waals surface area contributed by atoms with Gasteiger partial charge in [0.15, 0.2) is 23.7 Å². The number of thiol groups is 1. The summed E-state index contributed by atoms with van der Waals surface area (Å²) in [4.78, 5) is 9.51. The fourth-order valence-electron chi connectivity index (χ4n) is 6.25. The second kappa shape index (κ2) is 13.4.